The number of thioether (sulfide) groups is 1. The fourth-order valence-corrected chi connectivity index (χ4v) is 3.31. The summed E-state index contributed by atoms with van der Waals surface area (Å²) in [6.07, 6.45) is 5.43. The molecule has 1 aliphatic carbocycles. The summed E-state index contributed by atoms with van der Waals surface area (Å²) in [6, 6.07) is 9.00. The Bertz CT molecular complexity index is 350. The zero-order valence-electron chi connectivity index (χ0n) is 10.5. The molecule has 0 aromatic heterocycles. The third-order valence-corrected chi connectivity index (χ3v) is 4.95. The predicted molar refractivity (Wildman–Crippen MR) is 75.0 cm³/mol. The molecule has 1 aromatic carbocycles. The van der Waals surface area contributed by atoms with Crippen molar-refractivity contribution in [2.24, 2.45) is 11.8 Å². The summed E-state index contributed by atoms with van der Waals surface area (Å²) in [6.45, 7) is 2.17. The minimum absolute atomic E-state index is 0.449. The maximum atomic E-state index is 5.64. The van der Waals surface area contributed by atoms with Crippen molar-refractivity contribution < 1.29 is 0 Å². The molecule has 1 aliphatic rings. The van der Waals surface area contributed by atoms with Gasteiger partial charge in [-0.05, 0) is 30.9 Å². The van der Waals surface area contributed by atoms with Crippen LogP contribution in [0, 0.1) is 12.8 Å². The van der Waals surface area contributed by atoms with Gasteiger partial charge in [0.25, 0.3) is 0 Å². The van der Waals surface area contributed by atoms with Crippen molar-refractivity contribution in [2.75, 3.05) is 5.75 Å². The maximum Gasteiger partial charge on any atom is 0.0307 e. The van der Waals surface area contributed by atoms with Crippen molar-refractivity contribution >= 4 is 11.8 Å². The Kier molecular flexibility index (Phi) is 4.89. The van der Waals surface area contributed by atoms with Gasteiger partial charge in [0.2, 0.25) is 0 Å². The van der Waals surface area contributed by atoms with E-state index in [1.165, 1.54) is 36.1 Å². The number of nitrogens with one attached hydrogen (secondary N) is 1. The fraction of sp³-hybridized carbons (Fsp3) is 0.571. The third-order valence-electron chi connectivity index (χ3n) is 3.61. The van der Waals surface area contributed by atoms with Crippen LogP contribution in [0.5, 0.6) is 0 Å². The summed E-state index contributed by atoms with van der Waals surface area (Å²) in [5.41, 5.74) is 4.33. The standard InChI is InChI=1S/C14H22N2S/c1-11-5-2-3-8-14(11)17-10-13(16-15)9-12-6-4-7-12/h2-3,5,8,12-13,16H,4,6-7,9-10,15H2,1H3. The molecule has 1 aromatic rings. The highest BCUT2D eigenvalue weighted by Crippen LogP contribution is 2.32. The molecule has 0 radical (unpaired) electrons. The van der Waals surface area contributed by atoms with E-state index in [2.05, 4.69) is 36.6 Å². The molecule has 0 amide bonds. The van der Waals surface area contributed by atoms with Crippen molar-refractivity contribution in [1.82, 2.24) is 5.43 Å². The summed E-state index contributed by atoms with van der Waals surface area (Å²) >= 11 is 1.91. The molecule has 2 nitrogen and oxygen atoms in total. The topological polar surface area (TPSA) is 38.0 Å². The normalized spacial score (nSPS) is 17.8. The van der Waals surface area contributed by atoms with Gasteiger partial charge in [-0.3, -0.25) is 11.3 Å². The number of hydrogen-bond donors (Lipinski definition) is 2. The predicted octanol–water partition coefficient (Wildman–Crippen LogP) is 3.11. The lowest BCUT2D eigenvalue weighted by Crippen LogP contribution is -2.39. The molecule has 2 rings (SSSR count). The molecule has 0 saturated heterocycles. The van der Waals surface area contributed by atoms with Gasteiger partial charge in [-0.1, -0.05) is 37.5 Å². The van der Waals surface area contributed by atoms with E-state index in [4.69, 9.17) is 5.84 Å². The zero-order valence-corrected chi connectivity index (χ0v) is 11.3. The number of hydrogen-bond acceptors (Lipinski definition) is 3. The van der Waals surface area contributed by atoms with Crippen LogP contribution in [-0.2, 0) is 0 Å². The first kappa shape index (κ1) is 12.9. The van der Waals surface area contributed by atoms with E-state index in [0.29, 0.717) is 6.04 Å². The SMILES string of the molecule is Cc1ccccc1SCC(CC1CCC1)NN. The molecular formula is C14H22N2S. The minimum atomic E-state index is 0.449. The summed E-state index contributed by atoms with van der Waals surface area (Å²) in [5, 5.41) is 0. The summed E-state index contributed by atoms with van der Waals surface area (Å²) < 4.78 is 0. The Hall–Kier alpha value is -0.510. The highest BCUT2D eigenvalue weighted by atomic mass is 32.2. The van der Waals surface area contributed by atoms with Gasteiger partial charge in [0.15, 0.2) is 0 Å². The smallest absolute Gasteiger partial charge is 0.0307 e. The molecule has 0 bridgehead atoms. The lowest BCUT2D eigenvalue weighted by atomic mass is 9.81. The molecule has 0 aliphatic heterocycles. The number of rotatable bonds is 6. The van der Waals surface area contributed by atoms with Gasteiger partial charge in [-0.15, -0.1) is 11.8 Å². The molecule has 1 unspecified atom stereocenters. The number of benzene rings is 1. The zero-order chi connectivity index (χ0) is 12.1. The average Bonchev–Trinajstić information content (AvgIpc) is 2.29. The Labute approximate surface area is 108 Å². The van der Waals surface area contributed by atoms with Crippen LogP contribution in [0.4, 0.5) is 0 Å². The minimum Gasteiger partial charge on any atom is -0.271 e. The molecule has 3 heteroatoms. The van der Waals surface area contributed by atoms with Gasteiger partial charge in [0.05, 0.1) is 0 Å². The largest absolute Gasteiger partial charge is 0.271 e. The first-order valence-corrected chi connectivity index (χ1v) is 7.42. The van der Waals surface area contributed by atoms with Crippen LogP contribution in [-0.4, -0.2) is 11.8 Å². The highest BCUT2D eigenvalue weighted by Gasteiger charge is 2.21. The number of hydrazine groups is 1. The van der Waals surface area contributed by atoms with E-state index in [0.717, 1.165) is 11.7 Å². The first-order valence-electron chi connectivity index (χ1n) is 6.44. The quantitative estimate of drug-likeness (QED) is 0.463. The number of aryl methyl sites for hydroxylation is 1. The van der Waals surface area contributed by atoms with Gasteiger partial charge < -0.3 is 0 Å². The Morgan fingerprint density at radius 3 is 2.76 bits per heavy atom. The Morgan fingerprint density at radius 2 is 2.18 bits per heavy atom. The van der Waals surface area contributed by atoms with E-state index in [1.807, 2.05) is 11.8 Å². The van der Waals surface area contributed by atoms with Gasteiger partial charge in [0.1, 0.15) is 0 Å². The van der Waals surface area contributed by atoms with Gasteiger partial charge in [-0.25, -0.2) is 0 Å². The summed E-state index contributed by atoms with van der Waals surface area (Å²) in [5.74, 6) is 7.62. The van der Waals surface area contributed by atoms with Crippen LogP contribution in [0.2, 0.25) is 0 Å². The van der Waals surface area contributed by atoms with Crippen molar-refractivity contribution in [1.29, 1.82) is 0 Å². The van der Waals surface area contributed by atoms with Crippen molar-refractivity contribution in [3.8, 4) is 0 Å². The van der Waals surface area contributed by atoms with Crippen LogP contribution in [0.3, 0.4) is 0 Å². The van der Waals surface area contributed by atoms with Gasteiger partial charge in [-0.2, -0.15) is 0 Å². The van der Waals surface area contributed by atoms with Gasteiger partial charge >= 0.3 is 0 Å². The molecule has 17 heavy (non-hydrogen) atoms. The molecule has 1 fully saturated rings. The molecule has 1 atom stereocenters. The van der Waals surface area contributed by atoms with Crippen molar-refractivity contribution in [2.45, 2.75) is 43.5 Å². The third kappa shape index (κ3) is 3.73. The lowest BCUT2D eigenvalue weighted by molar-refractivity contribution is 0.268. The second-order valence-corrected chi connectivity index (χ2v) is 6.03. The van der Waals surface area contributed by atoms with Crippen LogP contribution >= 0.6 is 11.8 Å². The van der Waals surface area contributed by atoms with E-state index in [-0.39, 0.29) is 0 Å². The fourth-order valence-electron chi connectivity index (χ4n) is 2.22. The summed E-state index contributed by atoms with van der Waals surface area (Å²) in [7, 11) is 0. The van der Waals surface area contributed by atoms with E-state index in [9.17, 15) is 0 Å². The van der Waals surface area contributed by atoms with Crippen LogP contribution < -0.4 is 11.3 Å². The van der Waals surface area contributed by atoms with Crippen LogP contribution in [0.15, 0.2) is 29.2 Å². The van der Waals surface area contributed by atoms with E-state index < -0.39 is 0 Å². The second-order valence-electron chi connectivity index (χ2n) is 4.97. The average molecular weight is 250 g/mol. The molecule has 1 saturated carbocycles. The van der Waals surface area contributed by atoms with Crippen molar-refractivity contribution in [3.05, 3.63) is 29.8 Å². The number of nitrogens with two attached hydrogens (primary N) is 1. The summed E-state index contributed by atoms with van der Waals surface area (Å²) in [4.78, 5) is 1.38. The van der Waals surface area contributed by atoms with Crippen LogP contribution in [0.25, 0.3) is 0 Å². The van der Waals surface area contributed by atoms with Crippen molar-refractivity contribution in [3.63, 3.8) is 0 Å². The monoisotopic (exact) mass is 250 g/mol. The van der Waals surface area contributed by atoms with Gasteiger partial charge in [0, 0.05) is 16.7 Å². The Balaban J connectivity index is 1.80. The lowest BCUT2D eigenvalue weighted by Gasteiger charge is -2.29. The molecular weight excluding hydrogens is 228 g/mol. The molecule has 0 heterocycles. The first-order chi connectivity index (χ1) is 8.29. The molecule has 0 spiro atoms. The molecule has 3 N–H and O–H groups in total. The highest BCUT2D eigenvalue weighted by molar-refractivity contribution is 7.99. The van der Waals surface area contributed by atoms with Crippen LogP contribution in [0.1, 0.15) is 31.2 Å². The Morgan fingerprint density at radius 1 is 1.41 bits per heavy atom. The second kappa shape index (κ2) is 6.43. The molecule has 94 valence electrons. The maximum absolute atomic E-state index is 5.64. The van der Waals surface area contributed by atoms with E-state index in [1.54, 1.807) is 0 Å². The van der Waals surface area contributed by atoms with E-state index >= 15 is 0 Å².